The van der Waals surface area contributed by atoms with Gasteiger partial charge in [0.05, 0.1) is 25.5 Å². The Morgan fingerprint density at radius 2 is 1.94 bits per heavy atom. The molecule has 0 spiro atoms. The fraction of sp³-hybridized carbons (Fsp3) is 0.417. The van der Waals surface area contributed by atoms with Crippen LogP contribution in [0.15, 0.2) is 18.2 Å². The number of esters is 1. The normalized spacial score (nSPS) is 11.1. The molecule has 5 nitrogen and oxygen atoms in total. The third-order valence-electron chi connectivity index (χ3n) is 2.52. The second kappa shape index (κ2) is 5.86. The van der Waals surface area contributed by atoms with Crippen molar-refractivity contribution in [3.05, 3.63) is 29.3 Å². The molecule has 0 aliphatic carbocycles. The van der Waals surface area contributed by atoms with Crippen molar-refractivity contribution in [2.75, 3.05) is 20.0 Å². The van der Waals surface area contributed by atoms with Gasteiger partial charge in [0, 0.05) is 11.3 Å². The van der Waals surface area contributed by atoms with E-state index in [1.165, 1.54) is 26.4 Å². The number of benzene rings is 1. The molecule has 0 radical (unpaired) electrons. The fourth-order valence-corrected chi connectivity index (χ4v) is 2.36. The molecule has 0 saturated carbocycles. The highest BCUT2D eigenvalue weighted by atomic mass is 32.2. The summed E-state index contributed by atoms with van der Waals surface area (Å²) in [4.78, 5) is 11.3. The van der Waals surface area contributed by atoms with Crippen molar-refractivity contribution < 1.29 is 22.7 Å². The average molecular weight is 272 g/mol. The Hall–Kier alpha value is -1.56. The summed E-state index contributed by atoms with van der Waals surface area (Å²) < 4.78 is 32.8. The van der Waals surface area contributed by atoms with Crippen LogP contribution in [0.1, 0.15) is 22.8 Å². The molecule has 0 bridgehead atoms. The van der Waals surface area contributed by atoms with Gasteiger partial charge in [-0.1, -0.05) is 13.0 Å². The lowest BCUT2D eigenvalue weighted by molar-refractivity contribution is 0.0600. The van der Waals surface area contributed by atoms with Crippen molar-refractivity contribution in [2.24, 2.45) is 0 Å². The topological polar surface area (TPSA) is 69.7 Å². The van der Waals surface area contributed by atoms with Crippen molar-refractivity contribution in [3.8, 4) is 5.75 Å². The quantitative estimate of drug-likeness (QED) is 0.758. The molecule has 1 aromatic rings. The minimum atomic E-state index is -3.14. The number of carbonyl (C=O) groups is 1. The number of ether oxygens (including phenoxy) is 2. The first-order valence-corrected chi connectivity index (χ1v) is 7.21. The molecule has 0 N–H and O–H groups in total. The van der Waals surface area contributed by atoms with Gasteiger partial charge >= 0.3 is 5.97 Å². The maximum atomic E-state index is 11.6. The zero-order chi connectivity index (χ0) is 13.8. The summed E-state index contributed by atoms with van der Waals surface area (Å²) in [6.07, 6.45) is 0. The van der Waals surface area contributed by atoms with E-state index in [2.05, 4.69) is 4.74 Å². The molecule has 18 heavy (non-hydrogen) atoms. The molecule has 1 rings (SSSR count). The number of methoxy groups -OCH3 is 2. The van der Waals surface area contributed by atoms with Crippen LogP contribution in [-0.4, -0.2) is 34.4 Å². The maximum Gasteiger partial charge on any atom is 0.337 e. The zero-order valence-electron chi connectivity index (χ0n) is 10.6. The van der Waals surface area contributed by atoms with E-state index < -0.39 is 15.8 Å². The van der Waals surface area contributed by atoms with Gasteiger partial charge in [0.2, 0.25) is 0 Å². The van der Waals surface area contributed by atoms with Gasteiger partial charge in [-0.25, -0.2) is 13.2 Å². The van der Waals surface area contributed by atoms with Gasteiger partial charge < -0.3 is 9.47 Å². The summed E-state index contributed by atoms with van der Waals surface area (Å²) in [5.74, 6) is -0.156. The minimum Gasteiger partial charge on any atom is -0.496 e. The molecule has 100 valence electrons. The van der Waals surface area contributed by atoms with Gasteiger partial charge in [0.1, 0.15) is 5.75 Å². The second-order valence-electron chi connectivity index (χ2n) is 3.69. The summed E-state index contributed by atoms with van der Waals surface area (Å²) >= 11 is 0. The van der Waals surface area contributed by atoms with E-state index in [4.69, 9.17) is 4.74 Å². The first-order chi connectivity index (χ1) is 8.43. The van der Waals surface area contributed by atoms with Crippen LogP contribution in [0.25, 0.3) is 0 Å². The van der Waals surface area contributed by atoms with Gasteiger partial charge in [0.15, 0.2) is 9.84 Å². The molecule has 0 unspecified atom stereocenters. The standard InChI is InChI=1S/C12H16O5S/c1-4-18(14,15)8-10-6-5-9(12(13)17-3)7-11(10)16-2/h5-7H,4,8H2,1-3H3. The highest BCUT2D eigenvalue weighted by Gasteiger charge is 2.15. The van der Waals surface area contributed by atoms with E-state index in [1.807, 2.05) is 0 Å². The van der Waals surface area contributed by atoms with E-state index in [1.54, 1.807) is 13.0 Å². The van der Waals surface area contributed by atoms with Crippen LogP contribution in [0.4, 0.5) is 0 Å². The monoisotopic (exact) mass is 272 g/mol. The molecule has 0 aromatic heterocycles. The number of carbonyl (C=O) groups excluding carboxylic acids is 1. The fourth-order valence-electron chi connectivity index (χ4n) is 1.45. The first kappa shape index (κ1) is 14.5. The van der Waals surface area contributed by atoms with Gasteiger partial charge in [-0.2, -0.15) is 0 Å². The summed E-state index contributed by atoms with van der Waals surface area (Å²) in [6.45, 7) is 1.59. The molecule has 1 aromatic carbocycles. The first-order valence-electron chi connectivity index (χ1n) is 5.39. The lowest BCUT2D eigenvalue weighted by atomic mass is 10.1. The number of hydrogen-bond acceptors (Lipinski definition) is 5. The molecule has 0 saturated heterocycles. The summed E-state index contributed by atoms with van der Waals surface area (Å²) in [5, 5.41) is 0. The van der Waals surface area contributed by atoms with Crippen LogP contribution in [0, 0.1) is 0 Å². The largest absolute Gasteiger partial charge is 0.496 e. The molecule has 0 aliphatic rings. The third-order valence-corrected chi connectivity index (χ3v) is 4.15. The van der Waals surface area contributed by atoms with Gasteiger partial charge in [-0.05, 0) is 12.1 Å². The molecule has 0 aliphatic heterocycles. The average Bonchev–Trinajstić information content (AvgIpc) is 2.38. The number of sulfone groups is 1. The number of hydrogen-bond donors (Lipinski definition) is 0. The lowest BCUT2D eigenvalue weighted by Crippen LogP contribution is -2.09. The van der Waals surface area contributed by atoms with Crippen molar-refractivity contribution >= 4 is 15.8 Å². The van der Waals surface area contributed by atoms with Crippen molar-refractivity contribution in [1.29, 1.82) is 0 Å². The van der Waals surface area contributed by atoms with Gasteiger partial charge in [-0.15, -0.1) is 0 Å². The molecule has 0 atom stereocenters. The Morgan fingerprint density at radius 3 is 2.44 bits per heavy atom. The molecule has 6 heteroatoms. The van der Waals surface area contributed by atoms with Crippen LogP contribution in [0.2, 0.25) is 0 Å². The Balaban J connectivity index is 3.12. The van der Waals surface area contributed by atoms with Crippen LogP contribution in [0.3, 0.4) is 0 Å². The second-order valence-corrected chi connectivity index (χ2v) is 6.05. The molecule has 0 fully saturated rings. The van der Waals surface area contributed by atoms with Crippen molar-refractivity contribution in [2.45, 2.75) is 12.7 Å². The molecular formula is C12H16O5S. The molecule has 0 amide bonds. The Kier molecular flexibility index (Phi) is 4.72. The Morgan fingerprint density at radius 1 is 1.28 bits per heavy atom. The van der Waals surface area contributed by atoms with E-state index in [0.717, 1.165) is 0 Å². The Bertz CT molecular complexity index is 533. The van der Waals surface area contributed by atoms with Gasteiger partial charge in [0.25, 0.3) is 0 Å². The predicted octanol–water partition coefficient (Wildman–Crippen LogP) is 1.42. The van der Waals surface area contributed by atoms with Crippen LogP contribution >= 0.6 is 0 Å². The van der Waals surface area contributed by atoms with E-state index in [-0.39, 0.29) is 11.5 Å². The smallest absolute Gasteiger partial charge is 0.337 e. The lowest BCUT2D eigenvalue weighted by Gasteiger charge is -2.10. The van der Waals surface area contributed by atoms with E-state index in [0.29, 0.717) is 16.9 Å². The van der Waals surface area contributed by atoms with Crippen LogP contribution in [0.5, 0.6) is 5.75 Å². The number of rotatable bonds is 5. The van der Waals surface area contributed by atoms with Crippen LogP contribution in [-0.2, 0) is 20.3 Å². The van der Waals surface area contributed by atoms with E-state index in [9.17, 15) is 13.2 Å². The Labute approximate surface area is 107 Å². The summed E-state index contributed by atoms with van der Waals surface area (Å²) in [7, 11) is -0.429. The van der Waals surface area contributed by atoms with Gasteiger partial charge in [-0.3, -0.25) is 0 Å². The van der Waals surface area contributed by atoms with Crippen molar-refractivity contribution in [1.82, 2.24) is 0 Å². The summed E-state index contributed by atoms with van der Waals surface area (Å²) in [5.41, 5.74) is 0.860. The minimum absolute atomic E-state index is 0.0644. The molecule has 0 heterocycles. The zero-order valence-corrected chi connectivity index (χ0v) is 11.4. The predicted molar refractivity (Wildman–Crippen MR) is 67.5 cm³/mol. The van der Waals surface area contributed by atoms with E-state index >= 15 is 0 Å². The third kappa shape index (κ3) is 3.46. The van der Waals surface area contributed by atoms with Crippen molar-refractivity contribution in [3.63, 3.8) is 0 Å². The maximum absolute atomic E-state index is 11.6. The molecular weight excluding hydrogens is 256 g/mol. The van der Waals surface area contributed by atoms with Crippen LogP contribution < -0.4 is 4.74 Å². The summed E-state index contributed by atoms with van der Waals surface area (Å²) in [6, 6.07) is 4.57. The highest BCUT2D eigenvalue weighted by molar-refractivity contribution is 7.90. The highest BCUT2D eigenvalue weighted by Crippen LogP contribution is 2.23. The SMILES string of the molecule is CCS(=O)(=O)Cc1ccc(C(=O)OC)cc1OC.